The molecule has 1 aromatic carbocycles. The number of allylic oxidation sites excluding steroid dienone is 1. The van der Waals surface area contributed by atoms with Crippen LogP contribution in [0.5, 0.6) is 0 Å². The van der Waals surface area contributed by atoms with E-state index in [9.17, 15) is 9.59 Å². The van der Waals surface area contributed by atoms with Crippen molar-refractivity contribution < 1.29 is 19.1 Å². The molecular formula is C22H29N5O4S. The van der Waals surface area contributed by atoms with Crippen molar-refractivity contribution in [3.05, 3.63) is 41.1 Å². The minimum Gasteiger partial charge on any atom is -0.468 e. The second kappa shape index (κ2) is 10.5. The Morgan fingerprint density at radius 3 is 2.47 bits per heavy atom. The quantitative estimate of drug-likeness (QED) is 0.447. The average Bonchev–Trinajstić information content (AvgIpc) is 3.20. The number of aromatic nitrogens is 3. The molecule has 0 unspecified atom stereocenters. The van der Waals surface area contributed by atoms with E-state index in [1.807, 2.05) is 31.2 Å². The number of methoxy groups -OCH3 is 1. The van der Waals surface area contributed by atoms with E-state index in [2.05, 4.69) is 34.1 Å². The molecule has 0 spiro atoms. The summed E-state index contributed by atoms with van der Waals surface area (Å²) in [5.74, 6) is -0.165. The molecule has 1 N–H and O–H groups in total. The Balaban J connectivity index is 2.02. The molecule has 2 aromatic rings. The standard InChI is InChI=1S/C22H29N5O4S/c1-6-26(7-2)16-11-9-15(10-12-16)19-18(20(29)31-8-3)14(4)23-21-24-22(25-27(19)21)32-13-17(28)30-5/h9-12,19H,6-8,13H2,1-5H3,(H,23,24,25)/t19-/m1/s1. The summed E-state index contributed by atoms with van der Waals surface area (Å²) < 4.78 is 11.7. The molecule has 0 saturated heterocycles. The maximum Gasteiger partial charge on any atom is 0.338 e. The number of carbonyl (C=O) groups is 2. The van der Waals surface area contributed by atoms with Crippen molar-refractivity contribution in [3.8, 4) is 0 Å². The number of nitrogens with zero attached hydrogens (tertiary/aromatic N) is 4. The number of benzene rings is 1. The van der Waals surface area contributed by atoms with Gasteiger partial charge in [-0.2, -0.15) is 4.98 Å². The van der Waals surface area contributed by atoms with Crippen LogP contribution < -0.4 is 10.2 Å². The first-order valence-electron chi connectivity index (χ1n) is 10.6. The van der Waals surface area contributed by atoms with Gasteiger partial charge in [0.2, 0.25) is 11.1 Å². The molecule has 1 aliphatic heterocycles. The number of thioether (sulfide) groups is 1. The molecule has 0 fully saturated rings. The topological polar surface area (TPSA) is 98.6 Å². The number of nitrogens with one attached hydrogen (secondary N) is 1. The third kappa shape index (κ3) is 4.90. The number of esters is 2. The van der Waals surface area contributed by atoms with Gasteiger partial charge in [0, 0.05) is 24.5 Å². The minimum absolute atomic E-state index is 0.0976. The second-order valence-electron chi connectivity index (χ2n) is 7.08. The first-order valence-corrected chi connectivity index (χ1v) is 11.6. The maximum atomic E-state index is 12.9. The molecule has 0 saturated carbocycles. The van der Waals surface area contributed by atoms with Crippen LogP contribution in [-0.2, 0) is 19.1 Å². The average molecular weight is 460 g/mol. The molecular weight excluding hydrogens is 430 g/mol. The number of carbonyl (C=O) groups excluding carboxylic acids is 2. The second-order valence-corrected chi connectivity index (χ2v) is 8.02. The predicted octanol–water partition coefficient (Wildman–Crippen LogP) is 3.24. The number of hydrogen-bond acceptors (Lipinski definition) is 9. The van der Waals surface area contributed by atoms with Crippen molar-refractivity contribution in [1.29, 1.82) is 0 Å². The molecule has 172 valence electrons. The molecule has 32 heavy (non-hydrogen) atoms. The van der Waals surface area contributed by atoms with Crippen molar-refractivity contribution in [2.75, 3.05) is 42.8 Å². The third-order valence-electron chi connectivity index (χ3n) is 5.21. The molecule has 9 nitrogen and oxygen atoms in total. The zero-order chi connectivity index (χ0) is 23.3. The Bertz CT molecular complexity index is 998. The van der Waals surface area contributed by atoms with Crippen LogP contribution in [0, 0.1) is 0 Å². The highest BCUT2D eigenvalue weighted by molar-refractivity contribution is 7.99. The smallest absolute Gasteiger partial charge is 0.338 e. The zero-order valence-electron chi connectivity index (χ0n) is 19.0. The molecule has 0 amide bonds. The number of ether oxygens (including phenoxy) is 2. The van der Waals surface area contributed by atoms with Crippen molar-refractivity contribution in [2.24, 2.45) is 0 Å². The summed E-state index contributed by atoms with van der Waals surface area (Å²) in [4.78, 5) is 31.1. The van der Waals surface area contributed by atoms with Crippen LogP contribution in [-0.4, -0.2) is 59.3 Å². The van der Waals surface area contributed by atoms with Crippen molar-refractivity contribution in [1.82, 2.24) is 14.8 Å². The van der Waals surface area contributed by atoms with Crippen LogP contribution in [0.4, 0.5) is 11.6 Å². The van der Waals surface area contributed by atoms with Crippen LogP contribution in [0.1, 0.15) is 39.3 Å². The Hall–Kier alpha value is -3.01. The number of fused-ring (bicyclic) bond motifs is 1. The molecule has 10 heteroatoms. The van der Waals surface area contributed by atoms with Gasteiger partial charge in [-0.05, 0) is 45.4 Å². The fraction of sp³-hybridized carbons (Fsp3) is 0.455. The summed E-state index contributed by atoms with van der Waals surface area (Å²) in [6.45, 7) is 9.92. The molecule has 0 bridgehead atoms. The Labute approximate surface area is 192 Å². The van der Waals surface area contributed by atoms with Crippen LogP contribution in [0.2, 0.25) is 0 Å². The van der Waals surface area contributed by atoms with Gasteiger partial charge < -0.3 is 19.7 Å². The highest BCUT2D eigenvalue weighted by atomic mass is 32.2. The van der Waals surface area contributed by atoms with E-state index in [0.717, 1.165) is 24.3 Å². The van der Waals surface area contributed by atoms with E-state index in [-0.39, 0.29) is 18.3 Å². The van der Waals surface area contributed by atoms with E-state index < -0.39 is 12.0 Å². The Morgan fingerprint density at radius 2 is 1.88 bits per heavy atom. The van der Waals surface area contributed by atoms with Gasteiger partial charge in [-0.25, -0.2) is 9.48 Å². The Kier molecular flexibility index (Phi) is 7.79. The lowest BCUT2D eigenvalue weighted by Crippen LogP contribution is -2.29. The summed E-state index contributed by atoms with van der Waals surface area (Å²) in [6.07, 6.45) is 0. The molecule has 0 aliphatic carbocycles. The van der Waals surface area contributed by atoms with E-state index in [4.69, 9.17) is 9.47 Å². The van der Waals surface area contributed by atoms with E-state index >= 15 is 0 Å². The van der Waals surface area contributed by atoms with Crippen molar-refractivity contribution >= 4 is 35.3 Å². The summed E-state index contributed by atoms with van der Waals surface area (Å²) in [7, 11) is 1.34. The maximum absolute atomic E-state index is 12.9. The van der Waals surface area contributed by atoms with Crippen LogP contribution in [0.25, 0.3) is 0 Å². The van der Waals surface area contributed by atoms with Crippen molar-refractivity contribution in [3.63, 3.8) is 0 Å². The first kappa shape index (κ1) is 23.6. The summed E-state index contributed by atoms with van der Waals surface area (Å²) >= 11 is 1.18. The summed E-state index contributed by atoms with van der Waals surface area (Å²) in [6, 6.07) is 7.60. The monoisotopic (exact) mass is 459 g/mol. The minimum atomic E-state index is -0.504. The van der Waals surface area contributed by atoms with Gasteiger partial charge in [0.1, 0.15) is 6.04 Å². The first-order chi connectivity index (χ1) is 15.4. The van der Waals surface area contributed by atoms with Gasteiger partial charge in [0.15, 0.2) is 0 Å². The molecule has 2 heterocycles. The van der Waals surface area contributed by atoms with Gasteiger partial charge in [0.05, 0.1) is 25.0 Å². The fourth-order valence-electron chi connectivity index (χ4n) is 3.61. The molecule has 0 radical (unpaired) electrons. The zero-order valence-corrected chi connectivity index (χ0v) is 19.9. The van der Waals surface area contributed by atoms with Gasteiger partial charge in [-0.3, -0.25) is 4.79 Å². The lowest BCUT2D eigenvalue weighted by molar-refractivity contribution is -0.139. The highest BCUT2D eigenvalue weighted by Crippen LogP contribution is 2.37. The van der Waals surface area contributed by atoms with Crippen LogP contribution in [0.15, 0.2) is 40.7 Å². The Morgan fingerprint density at radius 1 is 1.19 bits per heavy atom. The summed E-state index contributed by atoms with van der Waals surface area (Å²) in [5.41, 5.74) is 3.13. The molecule has 1 atom stereocenters. The predicted molar refractivity (Wildman–Crippen MR) is 124 cm³/mol. The molecule has 3 rings (SSSR count). The largest absolute Gasteiger partial charge is 0.468 e. The lowest BCUT2D eigenvalue weighted by Gasteiger charge is -2.28. The highest BCUT2D eigenvalue weighted by Gasteiger charge is 2.35. The van der Waals surface area contributed by atoms with Crippen molar-refractivity contribution in [2.45, 2.75) is 38.9 Å². The van der Waals surface area contributed by atoms with E-state index in [1.165, 1.54) is 18.9 Å². The van der Waals surface area contributed by atoms with Gasteiger partial charge in [0.25, 0.3) is 0 Å². The number of hydrogen-bond donors (Lipinski definition) is 1. The number of anilines is 2. The van der Waals surface area contributed by atoms with Crippen LogP contribution >= 0.6 is 11.8 Å². The normalized spacial score (nSPS) is 15.1. The SMILES string of the molecule is CCOC(=O)C1=C(C)Nc2nc(SCC(=O)OC)nn2[C@@H]1c1ccc(N(CC)CC)cc1. The fourth-order valence-corrected chi connectivity index (χ4v) is 4.27. The van der Waals surface area contributed by atoms with E-state index in [0.29, 0.717) is 22.4 Å². The van der Waals surface area contributed by atoms with Crippen LogP contribution in [0.3, 0.4) is 0 Å². The van der Waals surface area contributed by atoms with Gasteiger partial charge >= 0.3 is 11.9 Å². The third-order valence-corrected chi connectivity index (χ3v) is 6.02. The van der Waals surface area contributed by atoms with Gasteiger partial charge in [-0.15, -0.1) is 5.10 Å². The van der Waals surface area contributed by atoms with E-state index in [1.54, 1.807) is 11.6 Å². The van der Waals surface area contributed by atoms with Gasteiger partial charge in [-0.1, -0.05) is 23.9 Å². The molecule has 1 aliphatic rings. The lowest BCUT2D eigenvalue weighted by atomic mass is 9.95. The number of rotatable bonds is 9. The molecule has 1 aromatic heterocycles. The summed E-state index contributed by atoms with van der Waals surface area (Å²) in [5, 5.41) is 8.14.